The van der Waals surface area contributed by atoms with Gasteiger partial charge >= 0.3 is 0 Å². The molecule has 0 rings (SSSR count). The lowest BCUT2D eigenvalue weighted by atomic mass is 14.0. The average molecular weight is 456 g/mol. The Bertz CT molecular complexity index is 22.0. The van der Waals surface area contributed by atoms with Crippen molar-refractivity contribution in [2.45, 2.75) is 0 Å². The van der Waals surface area contributed by atoms with Crippen LogP contribution in [-0.4, -0.2) is 0 Å². The number of hydrogen-bond acceptors (Lipinski definition) is 8. The van der Waals surface area contributed by atoms with E-state index in [9.17, 15) is 0 Å². The monoisotopic (exact) mass is 456 g/mol. The van der Waals surface area contributed by atoms with E-state index in [0.29, 0.717) is 0 Å². The predicted octanol–water partition coefficient (Wildman–Crippen LogP) is 3.74. The maximum Gasteiger partial charge on any atom is -0.269 e. The summed E-state index contributed by atoms with van der Waals surface area (Å²) < 4.78 is 0. The van der Waals surface area contributed by atoms with Crippen LogP contribution in [0, 0.1) is 0 Å². The van der Waals surface area contributed by atoms with Gasteiger partial charge in [0, 0.05) is 0 Å². The minimum Gasteiger partial charge on any atom is -0.344 e. The Morgan fingerprint density at radius 1 is 0.0833 bits per heavy atom. The number of rotatable bonds is 0. The van der Waals surface area contributed by atoms with E-state index in [1.807, 2.05) is 0 Å². The van der Waals surface area contributed by atoms with Crippen LogP contribution >= 0.6 is 0 Å². The summed E-state index contributed by atoms with van der Waals surface area (Å²) in [5.41, 5.74) is 0. The molecule has 0 aromatic heterocycles. The summed E-state index contributed by atoms with van der Waals surface area (Å²) >= 11 is 0. The van der Waals surface area contributed by atoms with E-state index in [2.05, 4.69) is 0 Å². The van der Waals surface area contributed by atoms with Crippen LogP contribution in [0.4, 0.5) is 75.3 Å². The zero-order valence-electron chi connectivity index (χ0n) is 12.2. The van der Waals surface area contributed by atoms with Gasteiger partial charge in [-0.2, -0.15) is 0 Å². The highest BCUT2D eigenvalue weighted by molar-refractivity contribution is 2.14. The van der Waals surface area contributed by atoms with Crippen molar-refractivity contribution >= 4 is 0 Å². The highest BCUT2D eigenvalue weighted by Gasteiger charge is -0.252. The van der Waals surface area contributed by atoms with Crippen LogP contribution in [-0.2, 0) is 0 Å². The molecule has 0 saturated heterocycles. The molecule has 0 spiro atoms. The van der Waals surface area contributed by atoms with Gasteiger partial charge in [-0.15, -0.1) is 0 Å². The number of hydrogen-bond donors (Lipinski definition) is 8. The first-order chi connectivity index (χ1) is 0. The zero-order valence-corrected chi connectivity index (χ0v) is 12.2. The molecule has 8 nitrogen and oxygen atoms in total. The molecule has 24 heavy (non-hydrogen) atoms. The maximum atomic E-state index is 0. The summed E-state index contributed by atoms with van der Waals surface area (Å²) in [7, 11) is 0. The quantitative estimate of drug-likeness (QED) is 0.248. The van der Waals surface area contributed by atoms with Gasteiger partial charge in [0.1, 0.15) is 0 Å². The molecule has 192 valence electrons. The van der Waals surface area contributed by atoms with Gasteiger partial charge in [-0.25, -0.2) is 0 Å². The highest BCUT2D eigenvalue weighted by atomic mass is 19.0. The van der Waals surface area contributed by atoms with E-state index in [1.165, 1.54) is 0 Å². The van der Waals surface area contributed by atoms with Gasteiger partial charge in [0.15, 0.2) is 0 Å². The van der Waals surface area contributed by atoms with Crippen molar-refractivity contribution in [2.24, 2.45) is 0 Å². The standard InChI is InChI=1S/16FH.8H3N/h16*1H;8*1H3. The fourth-order valence-electron chi connectivity index (χ4n) is 0. The van der Waals surface area contributed by atoms with Gasteiger partial charge < -0.3 is 49.2 Å². The summed E-state index contributed by atoms with van der Waals surface area (Å²) in [6.07, 6.45) is 0. The van der Waals surface area contributed by atoms with Gasteiger partial charge in [0.2, 0.25) is 0 Å². The minimum atomic E-state index is 0. The molecule has 0 aliphatic carbocycles. The largest absolute Gasteiger partial charge is 0.344 e. The van der Waals surface area contributed by atoms with E-state index in [4.69, 9.17) is 0 Å². The lowest BCUT2D eigenvalue weighted by Gasteiger charge is -0.345. The highest BCUT2D eigenvalue weighted by Crippen LogP contribution is 0.435. The first-order valence-corrected chi connectivity index (χ1v) is 0. The molecule has 0 aromatic rings. The van der Waals surface area contributed by atoms with Gasteiger partial charge in [0.25, 0.3) is 0 Å². The topological polar surface area (TPSA) is 280 Å². The van der Waals surface area contributed by atoms with E-state index in [-0.39, 0.29) is 124 Å². The number of halogens is 16. The van der Waals surface area contributed by atoms with Crippen LogP contribution in [0.3, 0.4) is 0 Å². The SMILES string of the molecule is F.F.F.F.F.F.F.F.F.F.F.F.F.F.F.F.N.N.N.N.N.N.N.N. The molecular formula is H40F16N8. The molecule has 0 radical (unpaired) electrons. The van der Waals surface area contributed by atoms with E-state index in [1.54, 1.807) is 0 Å². The lowest BCUT2D eigenvalue weighted by Crippen LogP contribution is -0.482. The second-order valence-corrected chi connectivity index (χ2v) is 0. The van der Waals surface area contributed by atoms with Crippen molar-refractivity contribution < 1.29 is 75.3 Å². The summed E-state index contributed by atoms with van der Waals surface area (Å²) in [6.45, 7) is 0. The van der Waals surface area contributed by atoms with Gasteiger partial charge in [-0.3, -0.25) is 75.3 Å². The van der Waals surface area contributed by atoms with Crippen molar-refractivity contribution in [2.75, 3.05) is 0 Å². The molecule has 0 aliphatic rings. The fraction of sp³-hybridized carbons (Fsp3) is 0. The van der Waals surface area contributed by atoms with E-state index >= 15 is 0 Å². The Labute approximate surface area is 126 Å². The Kier molecular flexibility index (Phi) is 926000. The summed E-state index contributed by atoms with van der Waals surface area (Å²) in [4.78, 5) is 0. The minimum absolute atomic E-state index is 0. The molecule has 24 N–H and O–H groups in total. The third kappa shape index (κ3) is 3790. The van der Waals surface area contributed by atoms with Crippen molar-refractivity contribution in [3.63, 3.8) is 0 Å². The van der Waals surface area contributed by atoms with Crippen LogP contribution in [0.5, 0.6) is 0 Å². The van der Waals surface area contributed by atoms with Crippen molar-refractivity contribution in [1.82, 2.24) is 49.2 Å². The molecule has 24 heteroatoms. The van der Waals surface area contributed by atoms with Crippen molar-refractivity contribution in [1.29, 1.82) is 0 Å². The van der Waals surface area contributed by atoms with E-state index in [0.717, 1.165) is 0 Å². The third-order valence-electron chi connectivity index (χ3n) is 0. The molecule has 0 aromatic carbocycles. The normalized spacial score (nSPS) is 0. The van der Waals surface area contributed by atoms with Gasteiger partial charge in [-0.1, -0.05) is 0 Å². The summed E-state index contributed by atoms with van der Waals surface area (Å²) in [5, 5.41) is 0. The van der Waals surface area contributed by atoms with Crippen LogP contribution in [0.1, 0.15) is 0 Å². The average Bonchev–Trinajstić information content (AvgIpc) is 0. The molecule has 0 saturated carbocycles. The molecule has 0 amide bonds. The molecule has 0 atom stereocenters. The second-order valence-electron chi connectivity index (χ2n) is 0. The van der Waals surface area contributed by atoms with Crippen LogP contribution in [0.2, 0.25) is 0 Å². The summed E-state index contributed by atoms with van der Waals surface area (Å²) in [6, 6.07) is 0. The Morgan fingerprint density at radius 2 is 0.0833 bits per heavy atom. The first kappa shape index (κ1) is 5060. The molecular weight excluding hydrogens is 416 g/mol. The van der Waals surface area contributed by atoms with Gasteiger partial charge in [0.05, 0.1) is 0 Å². The van der Waals surface area contributed by atoms with Crippen LogP contribution < -0.4 is 49.2 Å². The maximum absolute atomic E-state index is 0. The Hall–Kier alpha value is -1.44. The first-order valence-electron chi connectivity index (χ1n) is 0. The molecule has 0 fully saturated rings. The lowest BCUT2D eigenvalue weighted by molar-refractivity contribution is 1.11. The molecule has 0 heterocycles. The fourth-order valence-corrected chi connectivity index (χ4v) is 0. The van der Waals surface area contributed by atoms with Crippen LogP contribution in [0.25, 0.3) is 0 Å². The Morgan fingerprint density at radius 3 is 0.0833 bits per heavy atom. The predicted molar refractivity (Wildman–Crippen MR) is 80.2 cm³/mol. The molecule has 0 unspecified atom stereocenters. The van der Waals surface area contributed by atoms with Crippen molar-refractivity contribution in [3.05, 3.63) is 0 Å². The Balaban J connectivity index is 0. The van der Waals surface area contributed by atoms with E-state index < -0.39 is 0 Å². The van der Waals surface area contributed by atoms with Crippen LogP contribution in [0.15, 0.2) is 0 Å². The zero-order chi connectivity index (χ0) is 0. The summed E-state index contributed by atoms with van der Waals surface area (Å²) in [5.74, 6) is 0. The second kappa shape index (κ2) is 4400. The molecule has 0 aliphatic heterocycles. The smallest absolute Gasteiger partial charge is 0.269 e. The van der Waals surface area contributed by atoms with Crippen molar-refractivity contribution in [3.8, 4) is 0 Å². The third-order valence-corrected chi connectivity index (χ3v) is 0. The van der Waals surface area contributed by atoms with Gasteiger partial charge in [-0.05, 0) is 0 Å². The molecule has 0 bridgehead atoms.